The fourth-order valence-corrected chi connectivity index (χ4v) is 3.32. The molecule has 1 aromatic carbocycles. The highest BCUT2D eigenvalue weighted by molar-refractivity contribution is 5.92. The topological polar surface area (TPSA) is 99.6 Å². The molecule has 0 saturated heterocycles. The van der Waals surface area contributed by atoms with Gasteiger partial charge in [0.15, 0.2) is 0 Å². The Kier molecular flexibility index (Phi) is 5.50. The lowest BCUT2D eigenvalue weighted by atomic mass is 10.00. The molecule has 28 heavy (non-hydrogen) atoms. The van der Waals surface area contributed by atoms with Gasteiger partial charge in [-0.25, -0.2) is 9.97 Å². The molecule has 0 fully saturated rings. The zero-order valence-corrected chi connectivity index (χ0v) is 15.5. The number of aliphatic hydroxyl groups excluding tert-OH is 1. The van der Waals surface area contributed by atoms with Crippen LogP contribution < -0.4 is 10.6 Å². The summed E-state index contributed by atoms with van der Waals surface area (Å²) in [5, 5.41) is 16.1. The maximum Gasteiger partial charge on any atom is 0.270 e. The Morgan fingerprint density at radius 3 is 2.89 bits per heavy atom. The molecule has 3 heterocycles. The molecule has 4 rings (SSSR count). The number of hydrogen-bond acceptors (Lipinski definition) is 7. The Labute approximate surface area is 163 Å². The maximum absolute atomic E-state index is 12.3. The Balaban J connectivity index is 1.26. The standard InChI is InChI=1S/C20H23N5O3/c26-17(10-25-6-5-14-3-1-2-4-15(14)9-25)8-21-20(27)18-7-19(23-13-22-18)24-16-11-28-12-16/h1-4,7,11,13,17,26H,5-6,8-10,12H2,(H,21,27)(H,22,23,24)/t17-/m0/s1. The molecule has 1 atom stereocenters. The van der Waals surface area contributed by atoms with E-state index in [1.54, 1.807) is 12.3 Å². The molecule has 0 unspecified atom stereocenters. The molecule has 0 spiro atoms. The van der Waals surface area contributed by atoms with E-state index in [1.807, 2.05) is 6.07 Å². The van der Waals surface area contributed by atoms with Crippen molar-refractivity contribution in [2.75, 3.05) is 31.6 Å². The van der Waals surface area contributed by atoms with Crippen molar-refractivity contribution in [2.24, 2.45) is 0 Å². The number of aliphatic hydroxyl groups is 1. The fourth-order valence-electron chi connectivity index (χ4n) is 3.32. The van der Waals surface area contributed by atoms with Crippen molar-refractivity contribution in [1.29, 1.82) is 0 Å². The number of hydrogen-bond donors (Lipinski definition) is 3. The highest BCUT2D eigenvalue weighted by Gasteiger charge is 2.19. The number of nitrogens with zero attached hydrogens (tertiary/aromatic N) is 3. The first-order valence-electron chi connectivity index (χ1n) is 9.32. The summed E-state index contributed by atoms with van der Waals surface area (Å²) in [5.41, 5.74) is 3.82. The van der Waals surface area contributed by atoms with E-state index >= 15 is 0 Å². The van der Waals surface area contributed by atoms with E-state index in [1.165, 1.54) is 17.5 Å². The van der Waals surface area contributed by atoms with Crippen molar-refractivity contribution in [3.8, 4) is 0 Å². The van der Waals surface area contributed by atoms with Crippen molar-refractivity contribution in [2.45, 2.75) is 19.1 Å². The summed E-state index contributed by atoms with van der Waals surface area (Å²) < 4.78 is 4.95. The zero-order chi connectivity index (χ0) is 19.3. The van der Waals surface area contributed by atoms with E-state index in [0.29, 0.717) is 19.0 Å². The second-order valence-electron chi connectivity index (χ2n) is 6.99. The molecular formula is C20H23N5O3. The average molecular weight is 381 g/mol. The molecule has 1 aromatic heterocycles. The minimum Gasteiger partial charge on any atom is -0.493 e. The number of rotatable bonds is 7. The molecule has 0 radical (unpaired) electrons. The number of nitrogens with one attached hydrogen (secondary N) is 2. The molecule has 146 valence electrons. The van der Waals surface area contributed by atoms with Gasteiger partial charge in [0, 0.05) is 32.2 Å². The number of carbonyl (C=O) groups excluding carboxylic acids is 1. The van der Waals surface area contributed by atoms with Crippen LogP contribution in [0.5, 0.6) is 0 Å². The van der Waals surface area contributed by atoms with Crippen LogP contribution in [0.15, 0.2) is 48.6 Å². The fraction of sp³-hybridized carbons (Fsp3) is 0.350. The van der Waals surface area contributed by atoms with Gasteiger partial charge < -0.3 is 20.5 Å². The van der Waals surface area contributed by atoms with E-state index in [-0.39, 0.29) is 18.1 Å². The molecule has 0 saturated carbocycles. The van der Waals surface area contributed by atoms with E-state index in [9.17, 15) is 9.90 Å². The van der Waals surface area contributed by atoms with Crippen LogP contribution in [0.1, 0.15) is 21.6 Å². The van der Waals surface area contributed by atoms with Crippen LogP contribution in [0.25, 0.3) is 0 Å². The third-order valence-electron chi connectivity index (χ3n) is 4.83. The molecule has 2 aliphatic heterocycles. The lowest BCUT2D eigenvalue weighted by Gasteiger charge is -2.30. The van der Waals surface area contributed by atoms with E-state index in [0.717, 1.165) is 25.2 Å². The zero-order valence-electron chi connectivity index (χ0n) is 15.5. The van der Waals surface area contributed by atoms with E-state index in [2.05, 4.69) is 43.7 Å². The second kappa shape index (κ2) is 8.37. The Morgan fingerprint density at radius 1 is 1.29 bits per heavy atom. The van der Waals surface area contributed by atoms with Crippen LogP contribution in [-0.2, 0) is 17.7 Å². The van der Waals surface area contributed by atoms with Gasteiger partial charge in [-0.2, -0.15) is 0 Å². The third kappa shape index (κ3) is 4.47. The maximum atomic E-state index is 12.3. The third-order valence-corrected chi connectivity index (χ3v) is 4.83. The van der Waals surface area contributed by atoms with Crippen LogP contribution in [0.2, 0.25) is 0 Å². The van der Waals surface area contributed by atoms with Crippen LogP contribution in [-0.4, -0.2) is 58.2 Å². The average Bonchev–Trinajstić information content (AvgIpc) is 2.69. The summed E-state index contributed by atoms with van der Waals surface area (Å²) in [7, 11) is 0. The summed E-state index contributed by atoms with van der Waals surface area (Å²) in [5.74, 6) is 0.189. The minimum atomic E-state index is -0.647. The summed E-state index contributed by atoms with van der Waals surface area (Å²) in [6, 6.07) is 9.95. The quantitative estimate of drug-likeness (QED) is 0.655. The molecule has 0 aliphatic carbocycles. The Bertz CT molecular complexity index is 886. The Hall–Kier alpha value is -2.97. The molecule has 3 N–H and O–H groups in total. The molecule has 1 amide bonds. The largest absolute Gasteiger partial charge is 0.493 e. The first-order chi connectivity index (χ1) is 13.7. The summed E-state index contributed by atoms with van der Waals surface area (Å²) in [6.45, 7) is 2.91. The van der Waals surface area contributed by atoms with Gasteiger partial charge in [0.05, 0.1) is 11.8 Å². The summed E-state index contributed by atoms with van der Waals surface area (Å²) in [4.78, 5) is 22.6. The van der Waals surface area contributed by atoms with Gasteiger partial charge in [0.1, 0.15) is 30.7 Å². The second-order valence-corrected chi connectivity index (χ2v) is 6.99. The van der Waals surface area contributed by atoms with Crippen molar-refractivity contribution < 1.29 is 14.6 Å². The SMILES string of the molecule is O=C(NC[C@H](O)CN1CCc2ccccc2C1)c1cc(NC2=COC2)ncn1. The highest BCUT2D eigenvalue weighted by atomic mass is 16.5. The predicted octanol–water partition coefficient (Wildman–Crippen LogP) is 0.909. The molecule has 0 bridgehead atoms. The number of carbonyl (C=O) groups is 1. The van der Waals surface area contributed by atoms with Crippen LogP contribution in [0.4, 0.5) is 5.82 Å². The monoisotopic (exact) mass is 381 g/mol. The summed E-state index contributed by atoms with van der Waals surface area (Å²) in [6.07, 6.45) is 3.26. The van der Waals surface area contributed by atoms with Gasteiger partial charge in [-0.05, 0) is 17.5 Å². The molecule has 2 aromatic rings. The predicted molar refractivity (Wildman–Crippen MR) is 103 cm³/mol. The highest BCUT2D eigenvalue weighted by Crippen LogP contribution is 2.18. The van der Waals surface area contributed by atoms with E-state index < -0.39 is 6.10 Å². The van der Waals surface area contributed by atoms with Gasteiger partial charge >= 0.3 is 0 Å². The van der Waals surface area contributed by atoms with Gasteiger partial charge in [0.2, 0.25) is 0 Å². The number of anilines is 1. The van der Waals surface area contributed by atoms with Crippen molar-refractivity contribution >= 4 is 11.7 Å². The smallest absolute Gasteiger partial charge is 0.270 e. The Morgan fingerprint density at radius 2 is 2.11 bits per heavy atom. The van der Waals surface area contributed by atoms with Gasteiger partial charge in [0.25, 0.3) is 5.91 Å². The lowest BCUT2D eigenvalue weighted by Crippen LogP contribution is -2.42. The number of aromatic nitrogens is 2. The first-order valence-corrected chi connectivity index (χ1v) is 9.32. The number of amides is 1. The molecule has 8 nitrogen and oxygen atoms in total. The van der Waals surface area contributed by atoms with E-state index in [4.69, 9.17) is 4.74 Å². The number of fused-ring (bicyclic) bond motifs is 1. The number of ether oxygens (including phenoxy) is 1. The molecular weight excluding hydrogens is 358 g/mol. The van der Waals surface area contributed by atoms with Gasteiger partial charge in [-0.1, -0.05) is 24.3 Å². The summed E-state index contributed by atoms with van der Waals surface area (Å²) >= 11 is 0. The normalized spacial score (nSPS) is 16.8. The lowest BCUT2D eigenvalue weighted by molar-refractivity contribution is 0.0838. The van der Waals surface area contributed by atoms with Gasteiger partial charge in [-0.15, -0.1) is 0 Å². The molecule has 8 heteroatoms. The van der Waals surface area contributed by atoms with Crippen molar-refractivity contribution in [3.63, 3.8) is 0 Å². The van der Waals surface area contributed by atoms with Crippen molar-refractivity contribution in [3.05, 3.63) is 65.4 Å². The first kappa shape index (κ1) is 18.4. The minimum absolute atomic E-state index is 0.169. The van der Waals surface area contributed by atoms with Gasteiger partial charge in [-0.3, -0.25) is 9.69 Å². The van der Waals surface area contributed by atoms with Crippen LogP contribution >= 0.6 is 0 Å². The van der Waals surface area contributed by atoms with Crippen LogP contribution in [0, 0.1) is 0 Å². The number of β-amino-alcohol motifs (C(OH)–C–C–N with tert-alkyl or cyclic N) is 1. The van der Waals surface area contributed by atoms with Crippen molar-refractivity contribution in [1.82, 2.24) is 20.2 Å². The number of benzene rings is 1. The van der Waals surface area contributed by atoms with Crippen LogP contribution in [0.3, 0.4) is 0 Å². The molecule has 2 aliphatic rings.